The van der Waals surface area contributed by atoms with Crippen LogP contribution in [0.15, 0.2) is 55.6 Å². The Bertz CT molecular complexity index is 1290. The number of allylic oxidation sites excluding steroid dienone is 1. The van der Waals surface area contributed by atoms with Gasteiger partial charge in [-0.15, -0.1) is 13.2 Å². The number of fused-ring (bicyclic) bond motifs is 1. The van der Waals surface area contributed by atoms with Gasteiger partial charge in [0.15, 0.2) is 0 Å². The molecule has 4 rings (SSSR count). The number of halogens is 1. The first kappa shape index (κ1) is 35.8. The minimum Gasteiger partial charge on any atom is -0.455 e. The Morgan fingerprint density at radius 2 is 1.91 bits per heavy atom. The van der Waals surface area contributed by atoms with Crippen LogP contribution in [-0.2, 0) is 28.7 Å². The number of esters is 1. The fourth-order valence-corrected chi connectivity index (χ4v) is 8.45. The molecule has 0 aliphatic carbocycles. The molecule has 2 unspecified atom stereocenters. The predicted octanol–water partition coefficient (Wildman–Crippen LogP) is 4.03. The second kappa shape index (κ2) is 15.3. The number of amides is 3. The number of nitrogens with zero attached hydrogens (tertiary/aromatic N) is 3. The van der Waals surface area contributed by atoms with Gasteiger partial charge in [-0.25, -0.2) is 0 Å². The number of likely N-dealkylation sites (N-methyl/N-ethyl adjacent to an activating group) is 1. The Labute approximate surface area is 280 Å². The van der Waals surface area contributed by atoms with Crippen LogP contribution in [0.4, 0.5) is 0 Å². The molecule has 2 bridgehead atoms. The summed E-state index contributed by atoms with van der Waals surface area (Å²) < 4.78 is 12.9. The zero-order valence-electron chi connectivity index (χ0n) is 27.3. The number of aliphatic hydroxyl groups is 1. The first-order chi connectivity index (χ1) is 22.0. The Hall–Kier alpha value is -3.02. The lowest BCUT2D eigenvalue weighted by atomic mass is 9.70. The van der Waals surface area contributed by atoms with Crippen LogP contribution in [0.25, 0.3) is 0 Å². The monoisotopic (exact) mass is 701 g/mol. The number of alkyl halides is 1. The lowest BCUT2D eigenvalue weighted by Crippen LogP contribution is -2.58. The maximum Gasteiger partial charge on any atom is 0.313 e. The average molecular weight is 703 g/mol. The number of β-amino-alcohol motifs (C(OH)–C–C–N with tert-alkyl or cyclic N) is 1. The fraction of sp³-hybridized carbons (Fsp3) is 0.600. The van der Waals surface area contributed by atoms with Crippen LogP contribution in [0.5, 0.6) is 0 Å². The Kier molecular flexibility index (Phi) is 11.9. The lowest BCUT2D eigenvalue weighted by Gasteiger charge is -2.39. The van der Waals surface area contributed by atoms with Crippen LogP contribution in [0.2, 0.25) is 0 Å². The van der Waals surface area contributed by atoms with Crippen molar-refractivity contribution in [3.63, 3.8) is 0 Å². The standard InChI is InChI=1S/C35H48BrN3O7/c1-7-10-17-26(41)37(6)23(5)29(24-15-12-11-13-16-24)45-34(44)27-28-32(42)39(19-20-40)31(35(28)21-25(36)30(27)46-35)33(43)38(18-9-3)22(4)14-8-2/h7,9,11-13,15-16,22-23,25,27-31,40H,1,3,8,10,14,17-21H2,2,4-6H3/t22?,23-,25?,27-,28+,29+,30-,31-,35+/m0/s1. The van der Waals surface area contributed by atoms with Crippen molar-refractivity contribution in [3.05, 3.63) is 61.2 Å². The van der Waals surface area contributed by atoms with Gasteiger partial charge in [0, 0.05) is 37.4 Å². The number of carbonyl (C=O) groups excluding carboxylic acids is 4. The smallest absolute Gasteiger partial charge is 0.313 e. The van der Waals surface area contributed by atoms with E-state index in [0.717, 1.165) is 12.8 Å². The molecular weight excluding hydrogens is 654 g/mol. The zero-order valence-corrected chi connectivity index (χ0v) is 28.9. The van der Waals surface area contributed by atoms with Crippen molar-refractivity contribution in [1.82, 2.24) is 14.7 Å². The van der Waals surface area contributed by atoms with E-state index in [1.165, 1.54) is 4.90 Å². The molecule has 3 aliphatic heterocycles. The van der Waals surface area contributed by atoms with Crippen molar-refractivity contribution in [2.24, 2.45) is 11.8 Å². The van der Waals surface area contributed by atoms with Gasteiger partial charge in [-0.3, -0.25) is 19.2 Å². The number of hydrogen-bond donors (Lipinski definition) is 1. The summed E-state index contributed by atoms with van der Waals surface area (Å²) in [6.07, 6.45) is 4.60. The van der Waals surface area contributed by atoms with E-state index in [9.17, 15) is 24.3 Å². The molecule has 10 nitrogen and oxygen atoms in total. The van der Waals surface area contributed by atoms with E-state index >= 15 is 0 Å². The van der Waals surface area contributed by atoms with Crippen molar-refractivity contribution >= 4 is 39.6 Å². The third-order valence-electron chi connectivity index (χ3n) is 9.86. The molecule has 0 saturated carbocycles. The SMILES string of the molecule is C=CCCC(=O)N(C)[C@@H](C)[C@@H](OC(=O)[C@@H]1[C@H]2O[C@@]3(CC2Br)[C@H](C(=O)N(CC=C)C(C)CCC)N(CCO)C(=O)[C@@H]13)c1ccccc1. The third kappa shape index (κ3) is 6.55. The fourth-order valence-electron chi connectivity index (χ4n) is 7.51. The van der Waals surface area contributed by atoms with Gasteiger partial charge in [0.1, 0.15) is 17.7 Å². The number of ether oxygens (including phenoxy) is 2. The van der Waals surface area contributed by atoms with Crippen LogP contribution in [-0.4, -0.2) is 105 Å². The highest BCUT2D eigenvalue weighted by Gasteiger charge is 2.77. The van der Waals surface area contributed by atoms with E-state index in [1.54, 1.807) is 29.0 Å². The van der Waals surface area contributed by atoms with Crippen molar-refractivity contribution in [2.45, 2.75) is 93.6 Å². The summed E-state index contributed by atoms with van der Waals surface area (Å²) in [5.41, 5.74) is -0.568. The topological polar surface area (TPSA) is 117 Å². The molecular formula is C35H48BrN3O7. The van der Waals surface area contributed by atoms with Crippen LogP contribution < -0.4 is 0 Å². The first-order valence-corrected chi connectivity index (χ1v) is 17.2. The summed E-state index contributed by atoms with van der Waals surface area (Å²) in [5.74, 6) is -3.38. The second-order valence-electron chi connectivity index (χ2n) is 12.7. The zero-order chi connectivity index (χ0) is 33.8. The molecule has 1 aromatic carbocycles. The van der Waals surface area contributed by atoms with E-state index in [2.05, 4.69) is 29.1 Å². The van der Waals surface area contributed by atoms with Crippen molar-refractivity contribution in [1.29, 1.82) is 0 Å². The van der Waals surface area contributed by atoms with Crippen LogP contribution in [0, 0.1) is 11.8 Å². The highest BCUT2D eigenvalue weighted by Crippen LogP contribution is 2.60. The molecule has 3 fully saturated rings. The number of aliphatic hydroxyl groups excluding tert-OH is 1. The summed E-state index contributed by atoms with van der Waals surface area (Å²) in [5, 5.41) is 9.98. The number of benzene rings is 1. The molecule has 11 heteroatoms. The Morgan fingerprint density at radius 3 is 2.52 bits per heavy atom. The molecule has 3 amide bonds. The first-order valence-electron chi connectivity index (χ1n) is 16.3. The molecule has 46 heavy (non-hydrogen) atoms. The van der Waals surface area contributed by atoms with Gasteiger partial charge in [-0.2, -0.15) is 0 Å². The van der Waals surface area contributed by atoms with Crippen LogP contribution in [0.3, 0.4) is 0 Å². The van der Waals surface area contributed by atoms with E-state index in [-0.39, 0.29) is 42.3 Å². The molecule has 0 radical (unpaired) electrons. The molecule has 3 saturated heterocycles. The van der Waals surface area contributed by atoms with Gasteiger partial charge in [0.2, 0.25) is 17.7 Å². The Balaban J connectivity index is 1.70. The molecule has 1 spiro atoms. The average Bonchev–Trinajstić information content (AvgIpc) is 3.64. The number of rotatable bonds is 16. The maximum absolute atomic E-state index is 14.4. The number of likely N-dealkylation sites (tertiary alicyclic amines) is 1. The van der Waals surface area contributed by atoms with Crippen molar-refractivity contribution in [3.8, 4) is 0 Å². The summed E-state index contributed by atoms with van der Waals surface area (Å²) in [4.78, 5) is 60.3. The van der Waals surface area contributed by atoms with E-state index in [1.807, 2.05) is 51.1 Å². The van der Waals surface area contributed by atoms with Crippen LogP contribution >= 0.6 is 15.9 Å². The van der Waals surface area contributed by atoms with Gasteiger partial charge in [0.05, 0.1) is 30.6 Å². The summed E-state index contributed by atoms with van der Waals surface area (Å²) in [6.45, 7) is 13.3. The molecule has 3 heterocycles. The summed E-state index contributed by atoms with van der Waals surface area (Å²) >= 11 is 3.70. The lowest BCUT2D eigenvalue weighted by molar-refractivity contribution is -0.164. The largest absolute Gasteiger partial charge is 0.455 e. The van der Waals surface area contributed by atoms with E-state index < -0.39 is 53.6 Å². The van der Waals surface area contributed by atoms with Gasteiger partial charge in [0.25, 0.3) is 0 Å². The molecule has 9 atom stereocenters. The minimum absolute atomic E-state index is 0.0678. The van der Waals surface area contributed by atoms with E-state index in [0.29, 0.717) is 24.9 Å². The molecule has 0 aromatic heterocycles. The van der Waals surface area contributed by atoms with Gasteiger partial charge < -0.3 is 29.3 Å². The maximum atomic E-state index is 14.4. The minimum atomic E-state index is -1.28. The summed E-state index contributed by atoms with van der Waals surface area (Å²) in [6, 6.07) is 7.56. The van der Waals surface area contributed by atoms with Gasteiger partial charge in [-0.1, -0.05) is 71.8 Å². The van der Waals surface area contributed by atoms with Crippen molar-refractivity contribution < 1.29 is 33.8 Å². The van der Waals surface area contributed by atoms with Gasteiger partial charge >= 0.3 is 5.97 Å². The van der Waals surface area contributed by atoms with Crippen LogP contribution in [0.1, 0.15) is 64.5 Å². The highest BCUT2D eigenvalue weighted by molar-refractivity contribution is 9.09. The van der Waals surface area contributed by atoms with Crippen molar-refractivity contribution in [2.75, 3.05) is 26.7 Å². The van der Waals surface area contributed by atoms with E-state index in [4.69, 9.17) is 9.47 Å². The third-order valence-corrected chi connectivity index (χ3v) is 10.7. The number of carbonyl (C=O) groups is 4. The predicted molar refractivity (Wildman–Crippen MR) is 178 cm³/mol. The summed E-state index contributed by atoms with van der Waals surface area (Å²) in [7, 11) is 1.68. The van der Waals surface area contributed by atoms with Gasteiger partial charge in [-0.05, 0) is 38.7 Å². The molecule has 1 N–H and O–H groups in total. The molecule has 252 valence electrons. The highest BCUT2D eigenvalue weighted by atomic mass is 79.9. The Morgan fingerprint density at radius 1 is 1.22 bits per heavy atom. The molecule has 1 aromatic rings. The second-order valence-corrected chi connectivity index (χ2v) is 13.9. The number of hydrogen-bond acceptors (Lipinski definition) is 7. The molecule has 3 aliphatic rings. The quantitative estimate of drug-likeness (QED) is 0.157. The normalized spacial score (nSPS) is 28.3.